The van der Waals surface area contributed by atoms with Crippen LogP contribution in [0.25, 0.3) is 0 Å². The van der Waals surface area contributed by atoms with E-state index in [1.54, 1.807) is 29.2 Å². The number of hydrogen-bond acceptors (Lipinski definition) is 5. The van der Waals surface area contributed by atoms with Gasteiger partial charge in [-0.2, -0.15) is 5.26 Å². The van der Waals surface area contributed by atoms with Crippen molar-refractivity contribution in [3.05, 3.63) is 29.8 Å². The number of carbonyl (C=O) groups excluding carboxylic acids is 1. The molecule has 1 aliphatic rings. The zero-order valence-corrected chi connectivity index (χ0v) is 11.9. The molecule has 1 aliphatic heterocycles. The molecular formula is C15H16N2O5. The predicted octanol–water partition coefficient (Wildman–Crippen LogP) is 0.639. The lowest BCUT2D eigenvalue weighted by molar-refractivity contribution is -0.148. The summed E-state index contributed by atoms with van der Waals surface area (Å²) in [7, 11) is 0. The quantitative estimate of drug-likeness (QED) is 0.857. The van der Waals surface area contributed by atoms with Crippen LogP contribution < -0.4 is 4.74 Å². The average Bonchev–Trinajstić information content (AvgIpc) is 2.52. The SMILES string of the molecule is N#Cc1ccc(OCC(=O)N2CCOC(CC(=O)O)C2)cc1. The van der Waals surface area contributed by atoms with Crippen LogP contribution in [0.2, 0.25) is 0 Å². The van der Waals surface area contributed by atoms with Gasteiger partial charge in [-0.15, -0.1) is 0 Å². The van der Waals surface area contributed by atoms with E-state index in [0.29, 0.717) is 24.5 Å². The molecule has 0 aromatic heterocycles. The van der Waals surface area contributed by atoms with Gasteiger partial charge in [0.05, 0.1) is 30.8 Å². The Hall–Kier alpha value is -2.59. The fourth-order valence-corrected chi connectivity index (χ4v) is 2.13. The second-order valence-electron chi connectivity index (χ2n) is 4.86. The van der Waals surface area contributed by atoms with Gasteiger partial charge in [0.2, 0.25) is 0 Å². The summed E-state index contributed by atoms with van der Waals surface area (Å²) < 4.78 is 10.7. The summed E-state index contributed by atoms with van der Waals surface area (Å²) in [4.78, 5) is 24.3. The molecule has 0 aliphatic carbocycles. The van der Waals surface area contributed by atoms with Gasteiger partial charge < -0.3 is 19.5 Å². The molecule has 1 aromatic carbocycles. The number of nitrogens with zero attached hydrogens (tertiary/aromatic N) is 2. The van der Waals surface area contributed by atoms with Crippen LogP contribution >= 0.6 is 0 Å². The predicted molar refractivity (Wildman–Crippen MR) is 75.2 cm³/mol. The number of carbonyl (C=O) groups is 2. The average molecular weight is 304 g/mol. The van der Waals surface area contributed by atoms with Crippen LogP contribution in [0.15, 0.2) is 24.3 Å². The Morgan fingerprint density at radius 1 is 1.41 bits per heavy atom. The van der Waals surface area contributed by atoms with Crippen molar-refractivity contribution < 1.29 is 24.2 Å². The molecule has 1 saturated heterocycles. The number of amides is 1. The van der Waals surface area contributed by atoms with Crippen molar-refractivity contribution in [3.63, 3.8) is 0 Å². The molecule has 116 valence electrons. The Balaban J connectivity index is 1.83. The smallest absolute Gasteiger partial charge is 0.306 e. The van der Waals surface area contributed by atoms with Crippen LogP contribution in [0.3, 0.4) is 0 Å². The summed E-state index contributed by atoms with van der Waals surface area (Å²) in [5.41, 5.74) is 0.517. The number of morpholine rings is 1. The monoisotopic (exact) mass is 304 g/mol. The highest BCUT2D eigenvalue weighted by atomic mass is 16.5. The molecule has 7 nitrogen and oxygen atoms in total. The van der Waals surface area contributed by atoms with E-state index in [9.17, 15) is 9.59 Å². The van der Waals surface area contributed by atoms with Crippen molar-refractivity contribution in [3.8, 4) is 11.8 Å². The van der Waals surface area contributed by atoms with Crippen LogP contribution in [0.1, 0.15) is 12.0 Å². The normalized spacial score (nSPS) is 17.6. The standard InChI is InChI=1S/C15H16N2O5/c16-8-11-1-3-12(4-2-11)22-10-14(18)17-5-6-21-13(9-17)7-15(19)20/h1-4,13H,5-7,9-10H2,(H,19,20). The first-order valence-corrected chi connectivity index (χ1v) is 6.82. The van der Waals surface area contributed by atoms with Gasteiger partial charge in [0.1, 0.15) is 5.75 Å². The van der Waals surface area contributed by atoms with Crippen LogP contribution in [-0.2, 0) is 14.3 Å². The molecule has 0 radical (unpaired) electrons. The molecule has 0 spiro atoms. The number of carboxylic acids is 1. The molecule has 1 atom stereocenters. The molecule has 1 N–H and O–H groups in total. The lowest BCUT2D eigenvalue weighted by atomic mass is 10.2. The topological polar surface area (TPSA) is 99.9 Å². The summed E-state index contributed by atoms with van der Waals surface area (Å²) in [6.07, 6.45) is -0.606. The van der Waals surface area contributed by atoms with E-state index in [1.165, 1.54) is 0 Å². The van der Waals surface area contributed by atoms with Crippen molar-refractivity contribution in [2.45, 2.75) is 12.5 Å². The van der Waals surface area contributed by atoms with Crippen molar-refractivity contribution in [2.24, 2.45) is 0 Å². The second kappa shape index (κ2) is 7.43. The number of aliphatic carboxylic acids is 1. The van der Waals surface area contributed by atoms with Gasteiger partial charge in [-0.05, 0) is 24.3 Å². The van der Waals surface area contributed by atoms with Gasteiger partial charge in [0.25, 0.3) is 5.91 Å². The first-order chi connectivity index (χ1) is 10.6. The molecule has 1 amide bonds. The highest BCUT2D eigenvalue weighted by Crippen LogP contribution is 2.13. The molecule has 22 heavy (non-hydrogen) atoms. The highest BCUT2D eigenvalue weighted by Gasteiger charge is 2.26. The van der Waals surface area contributed by atoms with Gasteiger partial charge in [0.15, 0.2) is 6.61 Å². The van der Waals surface area contributed by atoms with Gasteiger partial charge >= 0.3 is 5.97 Å². The summed E-state index contributed by atoms with van der Waals surface area (Å²) in [5.74, 6) is -0.668. The Morgan fingerprint density at radius 3 is 2.77 bits per heavy atom. The van der Waals surface area contributed by atoms with E-state index in [0.717, 1.165) is 0 Å². The molecule has 0 bridgehead atoms. The van der Waals surface area contributed by atoms with E-state index < -0.39 is 12.1 Å². The van der Waals surface area contributed by atoms with Crippen LogP contribution in [0.4, 0.5) is 0 Å². The lowest BCUT2D eigenvalue weighted by Crippen LogP contribution is -2.47. The molecule has 1 heterocycles. The number of carboxylic acid groups (broad SMARTS) is 1. The Kier molecular flexibility index (Phi) is 5.33. The van der Waals surface area contributed by atoms with Crippen LogP contribution in [-0.4, -0.2) is 54.3 Å². The summed E-state index contributed by atoms with van der Waals surface area (Å²) in [5, 5.41) is 17.5. The maximum absolute atomic E-state index is 12.1. The molecule has 1 aromatic rings. The number of ether oxygens (including phenoxy) is 2. The molecule has 2 rings (SSSR count). The lowest BCUT2D eigenvalue weighted by Gasteiger charge is -2.32. The third kappa shape index (κ3) is 4.46. The van der Waals surface area contributed by atoms with Crippen molar-refractivity contribution in [1.29, 1.82) is 5.26 Å². The number of nitriles is 1. The highest BCUT2D eigenvalue weighted by molar-refractivity contribution is 5.78. The molecular weight excluding hydrogens is 288 g/mol. The Labute approximate surface area is 127 Å². The zero-order valence-electron chi connectivity index (χ0n) is 11.9. The minimum absolute atomic E-state index is 0.125. The zero-order chi connectivity index (χ0) is 15.9. The first kappa shape index (κ1) is 15.8. The molecule has 1 unspecified atom stereocenters. The minimum Gasteiger partial charge on any atom is -0.484 e. The van der Waals surface area contributed by atoms with Crippen LogP contribution in [0, 0.1) is 11.3 Å². The molecule has 1 fully saturated rings. The second-order valence-corrected chi connectivity index (χ2v) is 4.86. The third-order valence-corrected chi connectivity index (χ3v) is 3.24. The molecule has 0 saturated carbocycles. The maximum Gasteiger partial charge on any atom is 0.306 e. The van der Waals surface area contributed by atoms with E-state index in [2.05, 4.69) is 0 Å². The number of hydrogen-bond donors (Lipinski definition) is 1. The van der Waals surface area contributed by atoms with Crippen molar-refractivity contribution >= 4 is 11.9 Å². The number of rotatable bonds is 5. The Morgan fingerprint density at radius 2 is 2.14 bits per heavy atom. The van der Waals surface area contributed by atoms with E-state index >= 15 is 0 Å². The maximum atomic E-state index is 12.1. The largest absolute Gasteiger partial charge is 0.484 e. The van der Waals surface area contributed by atoms with E-state index in [-0.39, 0.29) is 25.5 Å². The minimum atomic E-state index is -0.951. The van der Waals surface area contributed by atoms with Crippen molar-refractivity contribution in [2.75, 3.05) is 26.3 Å². The molecule has 7 heteroatoms. The summed E-state index contributed by atoms with van der Waals surface area (Å²) in [6, 6.07) is 8.46. The number of benzene rings is 1. The third-order valence-electron chi connectivity index (χ3n) is 3.24. The van der Waals surface area contributed by atoms with Gasteiger partial charge in [-0.3, -0.25) is 9.59 Å². The first-order valence-electron chi connectivity index (χ1n) is 6.82. The van der Waals surface area contributed by atoms with Gasteiger partial charge in [-0.1, -0.05) is 0 Å². The summed E-state index contributed by atoms with van der Waals surface area (Å²) in [6.45, 7) is 0.861. The van der Waals surface area contributed by atoms with Gasteiger partial charge in [-0.25, -0.2) is 0 Å². The fourth-order valence-electron chi connectivity index (χ4n) is 2.13. The fraction of sp³-hybridized carbons (Fsp3) is 0.400. The van der Waals surface area contributed by atoms with Gasteiger partial charge in [0, 0.05) is 13.1 Å². The van der Waals surface area contributed by atoms with Crippen molar-refractivity contribution in [1.82, 2.24) is 4.90 Å². The van der Waals surface area contributed by atoms with E-state index in [4.69, 9.17) is 19.8 Å². The summed E-state index contributed by atoms with van der Waals surface area (Å²) >= 11 is 0. The van der Waals surface area contributed by atoms with Crippen LogP contribution in [0.5, 0.6) is 5.75 Å². The van der Waals surface area contributed by atoms with E-state index in [1.807, 2.05) is 6.07 Å². The Bertz CT molecular complexity index is 579.